The largest absolute Gasteiger partial charge is 0.491 e. The Kier molecular flexibility index (Phi) is 14.5. The van der Waals surface area contributed by atoms with Crippen LogP contribution in [-0.4, -0.2) is 133 Å². The summed E-state index contributed by atoms with van der Waals surface area (Å²) in [5, 5.41) is 9.72. The first-order valence-corrected chi connectivity index (χ1v) is 23.0. The van der Waals surface area contributed by atoms with Gasteiger partial charge in [-0.15, -0.1) is 6.58 Å². The van der Waals surface area contributed by atoms with Gasteiger partial charge in [0.2, 0.25) is 11.8 Å². The summed E-state index contributed by atoms with van der Waals surface area (Å²) >= 11 is 7.09. The Morgan fingerprint density at radius 1 is 1.05 bits per heavy atom. The molecule has 0 bridgehead atoms. The maximum absolute atomic E-state index is 14.9. The maximum Gasteiger partial charge on any atom is 0.408 e. The van der Waals surface area contributed by atoms with Crippen LogP contribution in [-0.2, 0) is 28.6 Å². The molecule has 1 saturated heterocycles. The lowest BCUT2D eigenvalue weighted by Crippen LogP contribution is -2.59. The number of likely N-dealkylation sites (N-methyl/N-ethyl adjacent to an activating group) is 1. The van der Waals surface area contributed by atoms with Crippen molar-refractivity contribution >= 4 is 52.4 Å². The third kappa shape index (κ3) is 10.9. The average Bonchev–Trinajstić information content (AvgIpc) is 3.92. The fraction of sp³-hybridized carbons (Fsp3) is 0.617. The molecule has 8 atom stereocenters. The van der Waals surface area contributed by atoms with Gasteiger partial charge in [-0.1, -0.05) is 38.4 Å². The second-order valence-corrected chi connectivity index (χ2v) is 19.5. The summed E-state index contributed by atoms with van der Waals surface area (Å²) in [6.07, 6.45) is 4.59. The van der Waals surface area contributed by atoms with Gasteiger partial charge in [-0.2, -0.15) is 4.98 Å². The number of carbonyl (C=O) groups excluding carboxylic acids is 4. The van der Waals surface area contributed by atoms with E-state index in [2.05, 4.69) is 32.4 Å². The molecule has 1 aromatic carbocycles. The fourth-order valence-electron chi connectivity index (χ4n) is 8.96. The van der Waals surface area contributed by atoms with Crippen LogP contribution in [0.3, 0.4) is 0 Å². The Hall–Kier alpha value is -5.13. The number of hydrogen-bond donors (Lipinski definition) is 3. The minimum absolute atomic E-state index is 0.0387. The summed E-state index contributed by atoms with van der Waals surface area (Å²) in [5.41, 5.74) is -0.933. The second-order valence-electron chi connectivity index (χ2n) is 19.1. The van der Waals surface area contributed by atoms with Gasteiger partial charge >= 0.3 is 12.1 Å². The Morgan fingerprint density at radius 3 is 2.45 bits per heavy atom. The standard InChI is InChI=1S/C47H64ClN7O10/c1-10-29-23-47(29,43(58)60-9)53-41(56)35-21-31(24-55(35)42(57)40(46(5,6)7)52-45(59)65-30-19-27-18-28(27)20-30)64-37-22-33(34-25-63-44(51-34)49-26(3)4)50-39-32(37)12-13-36(38(39)48)62-17-15-54(8)14-16-61-11-2/h10,12-13,22,25-31,35,40H,1,11,14-21,23-24H2,2-9H3,(H,49,51)(H,52,59)(H,53,56)/t27-,28+,29-,30?,31-,35+,40-,47?/m1/s1. The van der Waals surface area contributed by atoms with Crippen LogP contribution in [0.15, 0.2) is 41.5 Å². The molecule has 17 nitrogen and oxygen atoms in total. The average molecular weight is 923 g/mol. The van der Waals surface area contributed by atoms with Gasteiger partial charge in [0.05, 0.1) is 31.5 Å². The van der Waals surface area contributed by atoms with Crippen LogP contribution in [0.5, 0.6) is 11.5 Å². The molecule has 0 spiro atoms. The van der Waals surface area contributed by atoms with E-state index in [1.165, 1.54) is 24.7 Å². The number of alkyl carbamates (subject to hydrolysis) is 1. The number of carbonyl (C=O) groups is 4. The molecule has 3 heterocycles. The molecule has 3 saturated carbocycles. The number of hydrogen-bond acceptors (Lipinski definition) is 14. The summed E-state index contributed by atoms with van der Waals surface area (Å²) in [6, 6.07) is 3.46. The Bertz CT molecular complexity index is 2240. The van der Waals surface area contributed by atoms with Gasteiger partial charge in [0.15, 0.2) is 0 Å². The number of benzene rings is 1. The lowest BCUT2D eigenvalue weighted by molar-refractivity contribution is -0.148. The van der Waals surface area contributed by atoms with Crippen LogP contribution in [0.25, 0.3) is 22.3 Å². The number of anilines is 1. The molecule has 3 amide bonds. The van der Waals surface area contributed by atoms with Crippen LogP contribution in [0.1, 0.15) is 73.6 Å². The van der Waals surface area contributed by atoms with Crippen molar-refractivity contribution in [3.8, 4) is 22.9 Å². The normalized spacial score (nSPS) is 24.9. The molecule has 7 rings (SSSR count). The Morgan fingerprint density at radius 2 is 1.78 bits per heavy atom. The number of pyridine rings is 1. The number of esters is 1. The molecule has 2 unspecified atom stereocenters. The van der Waals surface area contributed by atoms with Crippen LogP contribution in [0.4, 0.5) is 10.8 Å². The summed E-state index contributed by atoms with van der Waals surface area (Å²) in [4.78, 5) is 68.9. The number of methoxy groups -OCH3 is 1. The number of aromatic nitrogens is 2. The smallest absolute Gasteiger partial charge is 0.408 e. The highest BCUT2D eigenvalue weighted by atomic mass is 35.5. The number of ether oxygens (including phenoxy) is 5. The molecule has 354 valence electrons. The number of nitrogens with zero attached hydrogens (tertiary/aromatic N) is 4. The second kappa shape index (κ2) is 19.8. The molecule has 3 N–H and O–H groups in total. The van der Waals surface area contributed by atoms with Gasteiger partial charge in [0.25, 0.3) is 6.01 Å². The van der Waals surface area contributed by atoms with E-state index in [1.54, 1.807) is 24.3 Å². The van der Waals surface area contributed by atoms with Gasteiger partial charge in [0, 0.05) is 49.5 Å². The van der Waals surface area contributed by atoms with E-state index in [1.807, 2.05) is 48.6 Å². The SMILES string of the molecule is C=C[C@@H]1CC1(NC(=O)[C@@H]1C[C@@H](Oc2cc(-c3coc(NC(C)C)n3)nc3c(Cl)c(OCCN(C)CCOCC)ccc23)CN1C(=O)[C@@H](NC(=O)OC1C[C@@H]2C[C@@H]2C1)C(C)(C)C)C(=O)OC. The molecule has 0 radical (unpaired) electrons. The third-order valence-corrected chi connectivity index (χ3v) is 13.1. The van der Waals surface area contributed by atoms with Crippen molar-refractivity contribution in [3.63, 3.8) is 0 Å². The quantitative estimate of drug-likeness (QED) is 0.0655. The first kappa shape index (κ1) is 47.8. The van der Waals surface area contributed by atoms with E-state index >= 15 is 0 Å². The summed E-state index contributed by atoms with van der Waals surface area (Å²) in [7, 11) is 3.25. The fourth-order valence-corrected chi connectivity index (χ4v) is 9.22. The molecule has 2 aromatic heterocycles. The predicted molar refractivity (Wildman–Crippen MR) is 244 cm³/mol. The van der Waals surface area contributed by atoms with Crippen molar-refractivity contribution in [1.29, 1.82) is 0 Å². The zero-order valence-electron chi connectivity index (χ0n) is 38.7. The van der Waals surface area contributed by atoms with Crippen molar-refractivity contribution in [1.82, 2.24) is 30.4 Å². The van der Waals surface area contributed by atoms with Gasteiger partial charge < -0.3 is 53.9 Å². The maximum atomic E-state index is 14.9. The zero-order valence-corrected chi connectivity index (χ0v) is 39.5. The molecular formula is C47H64ClN7O10. The van der Waals surface area contributed by atoms with Gasteiger partial charge in [0.1, 0.15) is 64.9 Å². The van der Waals surface area contributed by atoms with Crippen molar-refractivity contribution < 1.29 is 47.3 Å². The van der Waals surface area contributed by atoms with E-state index in [0.29, 0.717) is 84.4 Å². The van der Waals surface area contributed by atoms with Crippen LogP contribution in [0.2, 0.25) is 5.02 Å². The van der Waals surface area contributed by atoms with Gasteiger partial charge in [-0.25, -0.2) is 14.6 Å². The van der Waals surface area contributed by atoms with E-state index in [0.717, 1.165) is 19.4 Å². The van der Waals surface area contributed by atoms with E-state index in [-0.39, 0.29) is 36.1 Å². The van der Waals surface area contributed by atoms with Crippen molar-refractivity contribution in [2.75, 3.05) is 58.9 Å². The van der Waals surface area contributed by atoms with E-state index < -0.39 is 53.0 Å². The van der Waals surface area contributed by atoms with Crippen LogP contribution in [0, 0.1) is 23.2 Å². The third-order valence-electron chi connectivity index (χ3n) is 12.8. The monoisotopic (exact) mass is 921 g/mol. The first-order chi connectivity index (χ1) is 30.9. The minimum Gasteiger partial charge on any atom is -0.491 e. The number of rotatable bonds is 20. The number of halogens is 1. The molecule has 4 fully saturated rings. The highest BCUT2D eigenvalue weighted by molar-refractivity contribution is 6.36. The Labute approximate surface area is 385 Å². The molecule has 1 aliphatic heterocycles. The number of oxazole rings is 1. The van der Waals surface area contributed by atoms with E-state index in [4.69, 9.17) is 44.7 Å². The molecule has 3 aromatic rings. The zero-order chi connectivity index (χ0) is 46.8. The van der Waals surface area contributed by atoms with Crippen LogP contribution < -0.4 is 25.4 Å². The van der Waals surface area contributed by atoms with Gasteiger partial charge in [-0.05, 0) is 82.9 Å². The van der Waals surface area contributed by atoms with Crippen molar-refractivity contribution in [2.24, 2.45) is 23.2 Å². The summed E-state index contributed by atoms with van der Waals surface area (Å²) in [5.74, 6) is -0.0590. The first-order valence-electron chi connectivity index (χ1n) is 22.7. The van der Waals surface area contributed by atoms with E-state index in [9.17, 15) is 19.2 Å². The highest BCUT2D eigenvalue weighted by Crippen LogP contribution is 2.52. The topological polar surface area (TPSA) is 196 Å². The lowest BCUT2D eigenvalue weighted by Gasteiger charge is -2.35. The number of likely N-dealkylation sites (tertiary alicyclic amines) is 1. The number of amides is 3. The van der Waals surface area contributed by atoms with Gasteiger partial charge in [-0.3, -0.25) is 9.59 Å². The number of fused-ring (bicyclic) bond motifs is 2. The Balaban J connectivity index is 1.19. The molecular weight excluding hydrogens is 858 g/mol. The number of nitrogens with one attached hydrogen (secondary N) is 3. The molecule has 4 aliphatic rings. The molecule has 18 heteroatoms. The molecule has 65 heavy (non-hydrogen) atoms. The minimum atomic E-state index is -1.32. The van der Waals surface area contributed by atoms with Crippen molar-refractivity contribution in [2.45, 2.75) is 110 Å². The van der Waals surface area contributed by atoms with Crippen molar-refractivity contribution in [3.05, 3.63) is 42.1 Å². The molecule has 3 aliphatic carbocycles. The lowest BCUT2D eigenvalue weighted by atomic mass is 9.85. The predicted octanol–water partition coefficient (Wildman–Crippen LogP) is 6.23. The summed E-state index contributed by atoms with van der Waals surface area (Å²) in [6.45, 7) is 18.2. The van der Waals surface area contributed by atoms with Crippen LogP contribution >= 0.6 is 11.6 Å². The summed E-state index contributed by atoms with van der Waals surface area (Å²) < 4.78 is 35.1. The highest BCUT2D eigenvalue weighted by Gasteiger charge is 2.62.